The SMILES string of the molecule is Cc1ccc(S(=O)(=O)N2CCCCC2c2nc(C)ncc2C(=O)N2CCOCC2)cc1. The van der Waals surface area contributed by atoms with Gasteiger partial charge in [-0.1, -0.05) is 24.1 Å². The monoisotopic (exact) mass is 444 g/mol. The van der Waals surface area contributed by atoms with Gasteiger partial charge in [0, 0.05) is 25.8 Å². The summed E-state index contributed by atoms with van der Waals surface area (Å²) in [6.45, 7) is 6.07. The number of ether oxygens (including phenoxy) is 1. The molecule has 0 aliphatic carbocycles. The number of piperidine rings is 1. The highest BCUT2D eigenvalue weighted by atomic mass is 32.2. The van der Waals surface area contributed by atoms with Crippen LogP contribution in [0.2, 0.25) is 0 Å². The predicted octanol–water partition coefficient (Wildman–Crippen LogP) is 2.48. The summed E-state index contributed by atoms with van der Waals surface area (Å²) in [5, 5.41) is 0. The Bertz CT molecular complexity index is 1050. The van der Waals surface area contributed by atoms with Crippen LogP contribution in [0.5, 0.6) is 0 Å². The fourth-order valence-corrected chi connectivity index (χ4v) is 5.82. The first-order valence-corrected chi connectivity index (χ1v) is 12.1. The molecule has 0 radical (unpaired) electrons. The first kappa shape index (κ1) is 21.9. The number of rotatable bonds is 4. The smallest absolute Gasteiger partial charge is 0.257 e. The highest BCUT2D eigenvalue weighted by Gasteiger charge is 2.38. The number of carbonyl (C=O) groups is 1. The minimum atomic E-state index is -3.73. The fraction of sp³-hybridized carbons (Fsp3) is 0.500. The molecule has 2 aromatic rings. The predicted molar refractivity (Wildman–Crippen MR) is 115 cm³/mol. The molecule has 2 fully saturated rings. The minimum Gasteiger partial charge on any atom is -0.378 e. The largest absolute Gasteiger partial charge is 0.378 e. The van der Waals surface area contributed by atoms with E-state index in [0.29, 0.717) is 56.4 Å². The maximum atomic E-state index is 13.5. The van der Waals surface area contributed by atoms with Crippen molar-refractivity contribution in [3.05, 3.63) is 53.1 Å². The third kappa shape index (κ3) is 4.49. The fourth-order valence-electron chi connectivity index (χ4n) is 4.15. The van der Waals surface area contributed by atoms with Gasteiger partial charge in [0.05, 0.1) is 35.4 Å². The molecule has 1 aromatic carbocycles. The molecule has 166 valence electrons. The third-order valence-electron chi connectivity index (χ3n) is 5.86. The zero-order valence-corrected chi connectivity index (χ0v) is 18.8. The van der Waals surface area contributed by atoms with Gasteiger partial charge in [-0.15, -0.1) is 0 Å². The summed E-state index contributed by atoms with van der Waals surface area (Å²) in [5.74, 6) is 0.350. The summed E-state index contributed by atoms with van der Waals surface area (Å²) in [6.07, 6.45) is 3.81. The normalized spacial score (nSPS) is 20.6. The zero-order valence-electron chi connectivity index (χ0n) is 18.0. The second-order valence-corrected chi connectivity index (χ2v) is 9.95. The van der Waals surface area contributed by atoms with Crippen LogP contribution in [0, 0.1) is 13.8 Å². The Morgan fingerprint density at radius 3 is 2.48 bits per heavy atom. The number of amides is 1. The van der Waals surface area contributed by atoms with Crippen LogP contribution in [0.4, 0.5) is 0 Å². The number of carbonyl (C=O) groups excluding carboxylic acids is 1. The minimum absolute atomic E-state index is 0.170. The Morgan fingerprint density at radius 2 is 1.77 bits per heavy atom. The number of hydrogen-bond donors (Lipinski definition) is 0. The number of morpholine rings is 1. The van der Waals surface area contributed by atoms with Crippen molar-refractivity contribution in [3.8, 4) is 0 Å². The van der Waals surface area contributed by atoms with Gasteiger partial charge in [-0.05, 0) is 38.8 Å². The lowest BCUT2D eigenvalue weighted by Crippen LogP contribution is -2.43. The Hall–Kier alpha value is -2.36. The van der Waals surface area contributed by atoms with Crippen molar-refractivity contribution in [2.45, 2.75) is 44.0 Å². The van der Waals surface area contributed by atoms with Crippen molar-refractivity contribution >= 4 is 15.9 Å². The van der Waals surface area contributed by atoms with Gasteiger partial charge in [-0.2, -0.15) is 4.31 Å². The van der Waals surface area contributed by atoms with E-state index in [9.17, 15) is 13.2 Å². The summed E-state index contributed by atoms with van der Waals surface area (Å²) in [4.78, 5) is 24.1. The molecule has 2 aliphatic heterocycles. The summed E-state index contributed by atoms with van der Waals surface area (Å²) in [5.41, 5.74) is 1.88. The van der Waals surface area contributed by atoms with Gasteiger partial charge in [0.15, 0.2) is 0 Å². The van der Waals surface area contributed by atoms with Gasteiger partial charge in [0.25, 0.3) is 5.91 Å². The molecule has 9 heteroatoms. The summed E-state index contributed by atoms with van der Waals surface area (Å²) in [6, 6.07) is 6.38. The first-order valence-electron chi connectivity index (χ1n) is 10.7. The van der Waals surface area contributed by atoms with Crippen molar-refractivity contribution < 1.29 is 17.9 Å². The average molecular weight is 445 g/mol. The van der Waals surface area contributed by atoms with Crippen LogP contribution in [0.15, 0.2) is 35.4 Å². The molecule has 1 amide bonds. The Balaban J connectivity index is 1.73. The number of sulfonamides is 1. The molecule has 31 heavy (non-hydrogen) atoms. The van der Waals surface area contributed by atoms with Crippen LogP contribution in [0.1, 0.15) is 52.7 Å². The highest BCUT2D eigenvalue weighted by Crippen LogP contribution is 2.36. The Morgan fingerprint density at radius 1 is 1.06 bits per heavy atom. The van der Waals surface area contributed by atoms with Gasteiger partial charge < -0.3 is 9.64 Å². The van der Waals surface area contributed by atoms with Gasteiger partial charge in [0.2, 0.25) is 10.0 Å². The van der Waals surface area contributed by atoms with E-state index in [2.05, 4.69) is 9.97 Å². The van der Waals surface area contributed by atoms with Gasteiger partial charge >= 0.3 is 0 Å². The molecule has 8 nitrogen and oxygen atoms in total. The van der Waals surface area contributed by atoms with Crippen LogP contribution >= 0.6 is 0 Å². The molecule has 1 atom stereocenters. The van der Waals surface area contributed by atoms with Crippen LogP contribution in [0.25, 0.3) is 0 Å². The number of nitrogens with zero attached hydrogens (tertiary/aromatic N) is 4. The third-order valence-corrected chi connectivity index (χ3v) is 7.79. The highest BCUT2D eigenvalue weighted by molar-refractivity contribution is 7.89. The van der Waals surface area contributed by atoms with Crippen molar-refractivity contribution in [2.24, 2.45) is 0 Å². The maximum Gasteiger partial charge on any atom is 0.257 e. The molecular formula is C22H28N4O4S. The maximum absolute atomic E-state index is 13.5. The van der Waals surface area contributed by atoms with Gasteiger partial charge in [0.1, 0.15) is 5.82 Å². The van der Waals surface area contributed by atoms with E-state index in [1.165, 1.54) is 4.31 Å². The first-order chi connectivity index (χ1) is 14.9. The quantitative estimate of drug-likeness (QED) is 0.719. The molecule has 3 heterocycles. The average Bonchev–Trinajstić information content (AvgIpc) is 2.79. The molecule has 0 bridgehead atoms. The van der Waals surface area contributed by atoms with Crippen LogP contribution < -0.4 is 0 Å². The molecule has 0 N–H and O–H groups in total. The van der Waals surface area contributed by atoms with Crippen molar-refractivity contribution in [1.82, 2.24) is 19.2 Å². The topological polar surface area (TPSA) is 92.7 Å². The number of benzene rings is 1. The number of aryl methyl sites for hydroxylation is 2. The second-order valence-electron chi connectivity index (χ2n) is 8.06. The Labute approximate surface area is 183 Å². The molecule has 4 rings (SSSR count). The van der Waals surface area contributed by atoms with E-state index in [0.717, 1.165) is 18.4 Å². The number of aromatic nitrogens is 2. The van der Waals surface area contributed by atoms with Crippen LogP contribution in [-0.2, 0) is 14.8 Å². The van der Waals surface area contributed by atoms with E-state index in [-0.39, 0.29) is 10.8 Å². The molecular weight excluding hydrogens is 416 g/mol. The van der Waals surface area contributed by atoms with E-state index >= 15 is 0 Å². The molecule has 0 saturated carbocycles. The summed E-state index contributed by atoms with van der Waals surface area (Å²) >= 11 is 0. The van der Waals surface area contributed by atoms with Crippen molar-refractivity contribution in [3.63, 3.8) is 0 Å². The molecule has 1 aromatic heterocycles. The standard InChI is InChI=1S/C22H28N4O4S/c1-16-6-8-18(9-7-16)31(28,29)26-10-4-3-5-20(26)21-19(15-23-17(2)24-21)22(27)25-11-13-30-14-12-25/h6-9,15,20H,3-5,10-14H2,1-2H3. The van der Waals surface area contributed by atoms with E-state index in [1.54, 1.807) is 42.3 Å². The summed E-state index contributed by atoms with van der Waals surface area (Å²) in [7, 11) is -3.73. The number of hydrogen-bond acceptors (Lipinski definition) is 6. The lowest BCUT2D eigenvalue weighted by atomic mass is 9.98. The molecule has 1 unspecified atom stereocenters. The van der Waals surface area contributed by atoms with E-state index in [1.807, 2.05) is 6.92 Å². The van der Waals surface area contributed by atoms with Gasteiger partial charge in [-0.25, -0.2) is 18.4 Å². The zero-order chi connectivity index (χ0) is 22.0. The van der Waals surface area contributed by atoms with Crippen LogP contribution in [0.3, 0.4) is 0 Å². The van der Waals surface area contributed by atoms with Crippen molar-refractivity contribution in [1.29, 1.82) is 0 Å². The Kier molecular flexibility index (Phi) is 6.36. The second kappa shape index (κ2) is 9.02. The lowest BCUT2D eigenvalue weighted by Gasteiger charge is -2.35. The lowest BCUT2D eigenvalue weighted by molar-refractivity contribution is 0.0300. The molecule has 0 spiro atoms. The van der Waals surface area contributed by atoms with Gasteiger partial charge in [-0.3, -0.25) is 4.79 Å². The summed E-state index contributed by atoms with van der Waals surface area (Å²) < 4.78 is 33.9. The molecule has 2 aliphatic rings. The van der Waals surface area contributed by atoms with E-state index < -0.39 is 16.1 Å². The van der Waals surface area contributed by atoms with E-state index in [4.69, 9.17) is 4.74 Å². The van der Waals surface area contributed by atoms with Crippen LogP contribution in [-0.4, -0.2) is 66.3 Å². The van der Waals surface area contributed by atoms with Crippen molar-refractivity contribution in [2.75, 3.05) is 32.8 Å². The molecule has 2 saturated heterocycles.